The molecule has 0 fully saturated rings. The van der Waals surface area contributed by atoms with Crippen molar-refractivity contribution in [3.8, 4) is 0 Å². The highest BCUT2D eigenvalue weighted by atomic mass is 16.5. The lowest BCUT2D eigenvalue weighted by Crippen LogP contribution is -2.07. The van der Waals surface area contributed by atoms with Crippen molar-refractivity contribution in [2.75, 3.05) is 0 Å². The van der Waals surface area contributed by atoms with Crippen LogP contribution in [0.25, 0.3) is 0 Å². The van der Waals surface area contributed by atoms with Gasteiger partial charge >= 0.3 is 7.32 Å². The van der Waals surface area contributed by atoms with Crippen molar-refractivity contribution < 1.29 is 15.1 Å². The fourth-order valence-corrected chi connectivity index (χ4v) is 3.13. The third kappa shape index (κ3) is 15.8. The minimum absolute atomic E-state index is 1.10. The molecule has 0 aliphatic rings. The summed E-state index contributed by atoms with van der Waals surface area (Å²) in [7, 11) is -2.17. The Morgan fingerprint density at radius 1 is 0.419 bits per heavy atom. The molecule has 0 radical (unpaired) electrons. The molecule has 0 saturated heterocycles. The monoisotopic (exact) mass is 425 g/mol. The van der Waals surface area contributed by atoms with E-state index in [1.54, 1.807) is 0 Å². The summed E-state index contributed by atoms with van der Waals surface area (Å²) in [6.45, 7) is 18.3. The lowest BCUT2D eigenvalue weighted by Gasteiger charge is -1.96. The van der Waals surface area contributed by atoms with Crippen LogP contribution in [0.1, 0.15) is 50.9 Å². The summed E-state index contributed by atoms with van der Waals surface area (Å²) < 4.78 is 0. The first kappa shape index (κ1) is 28.4. The fraction of sp³-hybridized carbons (Fsp3) is 0.375. The fourth-order valence-electron chi connectivity index (χ4n) is 3.13. The first-order chi connectivity index (χ1) is 14.3. The smallest absolute Gasteiger partial charge is 0.402 e. The third-order valence-electron chi connectivity index (χ3n) is 3.68. The van der Waals surface area contributed by atoms with Crippen LogP contribution >= 0.6 is 0 Å². The van der Waals surface area contributed by atoms with Gasteiger partial charge in [0.1, 0.15) is 0 Å². The SMILES string of the molecule is Cc1cc(C)nc(C)c1.Cc1cc(C)nc(C)c1.Cc1cc(C)nc(C)c1.OB(O)O. The Morgan fingerprint density at radius 2 is 0.548 bits per heavy atom. The van der Waals surface area contributed by atoms with E-state index in [1.165, 1.54) is 16.7 Å². The van der Waals surface area contributed by atoms with E-state index >= 15 is 0 Å². The predicted octanol–water partition coefficient (Wildman–Crippen LogP) is 3.97. The van der Waals surface area contributed by atoms with Gasteiger partial charge in [0.05, 0.1) is 0 Å². The molecule has 168 valence electrons. The molecule has 3 heterocycles. The van der Waals surface area contributed by atoms with E-state index in [1.807, 2.05) is 41.5 Å². The third-order valence-corrected chi connectivity index (χ3v) is 3.68. The van der Waals surface area contributed by atoms with Crippen LogP contribution in [-0.4, -0.2) is 37.3 Å². The molecule has 0 bridgehead atoms. The summed E-state index contributed by atoms with van der Waals surface area (Å²) >= 11 is 0. The summed E-state index contributed by atoms with van der Waals surface area (Å²) in [6.07, 6.45) is 0. The summed E-state index contributed by atoms with van der Waals surface area (Å²) in [5.74, 6) is 0. The Balaban J connectivity index is 0.000000402. The van der Waals surface area contributed by atoms with Crippen LogP contribution in [0.4, 0.5) is 0 Å². The Hall–Kier alpha value is -2.61. The van der Waals surface area contributed by atoms with Crippen molar-refractivity contribution in [1.82, 2.24) is 15.0 Å². The van der Waals surface area contributed by atoms with Gasteiger partial charge in [-0.2, -0.15) is 0 Å². The van der Waals surface area contributed by atoms with Crippen LogP contribution in [-0.2, 0) is 0 Å². The number of aryl methyl sites for hydroxylation is 9. The van der Waals surface area contributed by atoms with E-state index < -0.39 is 7.32 Å². The van der Waals surface area contributed by atoms with Crippen molar-refractivity contribution in [3.63, 3.8) is 0 Å². The molecule has 0 amide bonds. The van der Waals surface area contributed by atoms with Crippen LogP contribution in [0.15, 0.2) is 36.4 Å². The van der Waals surface area contributed by atoms with Crippen molar-refractivity contribution in [3.05, 3.63) is 87.3 Å². The first-order valence-corrected chi connectivity index (χ1v) is 10.1. The molecular weight excluding hydrogens is 389 g/mol. The number of aromatic nitrogens is 3. The van der Waals surface area contributed by atoms with E-state index in [2.05, 4.69) is 72.1 Å². The molecule has 0 unspecified atom stereocenters. The van der Waals surface area contributed by atoms with Gasteiger partial charge in [0.25, 0.3) is 0 Å². The summed E-state index contributed by atoms with van der Waals surface area (Å²) in [4.78, 5) is 12.7. The van der Waals surface area contributed by atoms with Gasteiger partial charge in [-0.05, 0) is 115 Å². The van der Waals surface area contributed by atoms with Gasteiger partial charge < -0.3 is 15.1 Å². The van der Waals surface area contributed by atoms with Crippen molar-refractivity contribution in [2.24, 2.45) is 0 Å². The molecule has 0 atom stereocenters. The predicted molar refractivity (Wildman–Crippen MR) is 128 cm³/mol. The van der Waals surface area contributed by atoms with E-state index in [0.29, 0.717) is 0 Å². The van der Waals surface area contributed by atoms with E-state index in [-0.39, 0.29) is 0 Å². The zero-order valence-electron chi connectivity index (χ0n) is 20.2. The largest absolute Gasteiger partial charge is 0.631 e. The van der Waals surface area contributed by atoms with Gasteiger partial charge in [0.2, 0.25) is 0 Å². The molecule has 0 aromatic carbocycles. The van der Waals surface area contributed by atoms with E-state index in [9.17, 15) is 0 Å². The number of hydrogen-bond donors (Lipinski definition) is 3. The second kappa shape index (κ2) is 14.4. The van der Waals surface area contributed by atoms with Crippen LogP contribution in [0.5, 0.6) is 0 Å². The normalized spacial score (nSPS) is 9.29. The highest BCUT2D eigenvalue weighted by Gasteiger charge is 1.93. The molecule has 0 aliphatic heterocycles. The topological polar surface area (TPSA) is 99.4 Å². The zero-order valence-corrected chi connectivity index (χ0v) is 20.2. The minimum Gasteiger partial charge on any atom is -0.402 e. The second-order valence-electron chi connectivity index (χ2n) is 7.63. The molecule has 7 heteroatoms. The average molecular weight is 425 g/mol. The highest BCUT2D eigenvalue weighted by molar-refractivity contribution is 6.30. The number of nitrogens with zero attached hydrogens (tertiary/aromatic N) is 3. The lowest BCUT2D eigenvalue weighted by atomic mass is 10.2. The van der Waals surface area contributed by atoms with Crippen LogP contribution in [0.2, 0.25) is 0 Å². The molecule has 3 N–H and O–H groups in total. The quantitative estimate of drug-likeness (QED) is 0.472. The van der Waals surface area contributed by atoms with E-state index in [0.717, 1.165) is 34.2 Å². The Morgan fingerprint density at radius 3 is 0.645 bits per heavy atom. The molecular formula is C24H36BN3O3. The summed E-state index contributed by atoms with van der Waals surface area (Å²) in [5.41, 5.74) is 10.5. The van der Waals surface area contributed by atoms with Gasteiger partial charge in [-0.1, -0.05) is 0 Å². The van der Waals surface area contributed by atoms with Gasteiger partial charge in [0, 0.05) is 34.2 Å². The van der Waals surface area contributed by atoms with Crippen molar-refractivity contribution in [2.45, 2.75) is 62.3 Å². The molecule has 3 aromatic heterocycles. The maximum atomic E-state index is 7.17. The first-order valence-electron chi connectivity index (χ1n) is 10.1. The van der Waals surface area contributed by atoms with Gasteiger partial charge in [0.15, 0.2) is 0 Å². The molecule has 0 spiro atoms. The standard InChI is InChI=1S/3C8H11N.BH3O3/c3*1-6-4-7(2)9-8(3)5-6;2-1(3)4/h3*4-5H,1-3H3;2-4H. The number of hydrogen-bond acceptors (Lipinski definition) is 6. The molecule has 0 saturated carbocycles. The summed E-state index contributed by atoms with van der Waals surface area (Å²) in [6, 6.07) is 12.5. The summed E-state index contributed by atoms with van der Waals surface area (Å²) in [5, 5.41) is 21.5. The van der Waals surface area contributed by atoms with Gasteiger partial charge in [-0.25, -0.2) is 0 Å². The Kier molecular flexibility index (Phi) is 13.2. The van der Waals surface area contributed by atoms with Gasteiger partial charge in [-0.3, -0.25) is 15.0 Å². The Labute approximate surface area is 187 Å². The molecule has 6 nitrogen and oxygen atoms in total. The maximum Gasteiger partial charge on any atom is 0.631 e. The second-order valence-corrected chi connectivity index (χ2v) is 7.63. The van der Waals surface area contributed by atoms with Gasteiger partial charge in [-0.15, -0.1) is 0 Å². The number of pyridine rings is 3. The Bertz CT molecular complexity index is 675. The zero-order chi connectivity index (χ0) is 24.1. The lowest BCUT2D eigenvalue weighted by molar-refractivity contribution is 0.278. The molecule has 3 aromatic rings. The highest BCUT2D eigenvalue weighted by Crippen LogP contribution is 2.03. The van der Waals surface area contributed by atoms with E-state index in [4.69, 9.17) is 15.1 Å². The van der Waals surface area contributed by atoms with Crippen molar-refractivity contribution in [1.29, 1.82) is 0 Å². The minimum atomic E-state index is -2.17. The van der Waals surface area contributed by atoms with Crippen LogP contribution in [0.3, 0.4) is 0 Å². The average Bonchev–Trinajstić information content (AvgIpc) is 2.51. The van der Waals surface area contributed by atoms with Crippen molar-refractivity contribution >= 4 is 7.32 Å². The maximum absolute atomic E-state index is 7.17. The molecule has 3 rings (SSSR count). The molecule has 0 aliphatic carbocycles. The van der Waals surface area contributed by atoms with Crippen LogP contribution < -0.4 is 0 Å². The number of rotatable bonds is 0. The molecule has 31 heavy (non-hydrogen) atoms. The van der Waals surface area contributed by atoms with Crippen LogP contribution in [0, 0.1) is 62.3 Å².